The highest BCUT2D eigenvalue weighted by Gasteiger charge is 2.40. The third-order valence-corrected chi connectivity index (χ3v) is 4.88. The smallest absolute Gasteiger partial charge is 0.123 e. The van der Waals surface area contributed by atoms with E-state index in [0.29, 0.717) is 5.54 Å². The van der Waals surface area contributed by atoms with Crippen LogP contribution in [0.1, 0.15) is 36.8 Å². The average molecular weight is 262 g/mol. The summed E-state index contributed by atoms with van der Waals surface area (Å²) >= 11 is 0. The Morgan fingerprint density at radius 1 is 1.32 bits per heavy atom. The van der Waals surface area contributed by atoms with Crippen molar-refractivity contribution in [1.82, 2.24) is 10.2 Å². The lowest BCUT2D eigenvalue weighted by Gasteiger charge is -2.45. The van der Waals surface area contributed by atoms with E-state index in [1.165, 1.54) is 31.2 Å². The maximum absolute atomic E-state index is 13.2. The number of hydrogen-bond acceptors (Lipinski definition) is 2. The van der Waals surface area contributed by atoms with Crippen molar-refractivity contribution in [1.29, 1.82) is 0 Å². The molecule has 0 bridgehead atoms. The van der Waals surface area contributed by atoms with Crippen LogP contribution in [0.4, 0.5) is 4.39 Å². The zero-order valence-corrected chi connectivity index (χ0v) is 11.7. The molecule has 1 N–H and O–H groups in total. The summed E-state index contributed by atoms with van der Waals surface area (Å²) in [5.74, 6) is -0.128. The van der Waals surface area contributed by atoms with E-state index in [4.69, 9.17) is 0 Å². The van der Waals surface area contributed by atoms with Crippen molar-refractivity contribution in [2.75, 3.05) is 19.6 Å². The maximum Gasteiger partial charge on any atom is 0.123 e. The number of aryl methyl sites for hydroxylation is 1. The van der Waals surface area contributed by atoms with Gasteiger partial charge in [-0.15, -0.1) is 0 Å². The molecule has 1 spiro atoms. The van der Waals surface area contributed by atoms with Gasteiger partial charge in [0.15, 0.2) is 0 Å². The van der Waals surface area contributed by atoms with Gasteiger partial charge in [0.2, 0.25) is 0 Å². The van der Waals surface area contributed by atoms with E-state index >= 15 is 0 Å². The van der Waals surface area contributed by atoms with Crippen molar-refractivity contribution >= 4 is 0 Å². The molecule has 2 fully saturated rings. The lowest BCUT2D eigenvalue weighted by molar-refractivity contribution is 0.0571. The van der Waals surface area contributed by atoms with Crippen molar-refractivity contribution in [3.63, 3.8) is 0 Å². The second-order valence-corrected chi connectivity index (χ2v) is 6.10. The Kier molecular flexibility index (Phi) is 3.59. The largest absolute Gasteiger partial charge is 0.314 e. The number of piperazine rings is 1. The topological polar surface area (TPSA) is 15.3 Å². The van der Waals surface area contributed by atoms with Crippen LogP contribution in [0.3, 0.4) is 0 Å². The fourth-order valence-corrected chi connectivity index (χ4v) is 3.70. The minimum atomic E-state index is -0.128. The van der Waals surface area contributed by atoms with Crippen LogP contribution in [-0.4, -0.2) is 30.1 Å². The molecular weight excluding hydrogens is 239 g/mol. The summed E-state index contributed by atoms with van der Waals surface area (Å²) in [6, 6.07) is 5.19. The Hall–Kier alpha value is -0.930. The summed E-state index contributed by atoms with van der Waals surface area (Å²) in [6.07, 6.45) is 5.31. The summed E-state index contributed by atoms with van der Waals surface area (Å²) in [5, 5.41) is 3.56. The first-order valence-corrected chi connectivity index (χ1v) is 7.40. The molecule has 1 aliphatic carbocycles. The van der Waals surface area contributed by atoms with Crippen LogP contribution in [-0.2, 0) is 6.54 Å². The van der Waals surface area contributed by atoms with Crippen LogP contribution >= 0.6 is 0 Å². The molecule has 0 radical (unpaired) electrons. The molecule has 1 aliphatic heterocycles. The third kappa shape index (κ3) is 2.54. The fourth-order valence-electron chi connectivity index (χ4n) is 3.70. The van der Waals surface area contributed by atoms with Gasteiger partial charge in [0.25, 0.3) is 0 Å². The van der Waals surface area contributed by atoms with Gasteiger partial charge in [-0.1, -0.05) is 18.9 Å². The number of benzene rings is 1. The summed E-state index contributed by atoms with van der Waals surface area (Å²) in [6.45, 7) is 6.28. The van der Waals surface area contributed by atoms with Crippen LogP contribution in [0.2, 0.25) is 0 Å². The van der Waals surface area contributed by atoms with E-state index in [0.717, 1.165) is 31.7 Å². The maximum atomic E-state index is 13.2. The molecule has 1 saturated heterocycles. The van der Waals surface area contributed by atoms with E-state index in [-0.39, 0.29) is 5.82 Å². The Labute approximate surface area is 115 Å². The molecule has 0 aromatic heterocycles. The Morgan fingerprint density at radius 2 is 2.11 bits per heavy atom. The van der Waals surface area contributed by atoms with Crippen LogP contribution in [0, 0.1) is 12.7 Å². The summed E-state index contributed by atoms with van der Waals surface area (Å²) in [5.41, 5.74) is 2.71. The van der Waals surface area contributed by atoms with Gasteiger partial charge in [-0.3, -0.25) is 4.90 Å². The molecule has 0 unspecified atom stereocenters. The van der Waals surface area contributed by atoms with Crippen molar-refractivity contribution in [3.8, 4) is 0 Å². The number of nitrogens with zero attached hydrogens (tertiary/aromatic N) is 1. The number of hydrogen-bond donors (Lipinski definition) is 1. The average Bonchev–Trinajstić information content (AvgIpc) is 2.85. The molecule has 2 nitrogen and oxygen atoms in total. The zero-order chi connectivity index (χ0) is 13.3. The molecule has 3 rings (SSSR count). The molecule has 1 aromatic rings. The second-order valence-electron chi connectivity index (χ2n) is 6.10. The summed E-state index contributed by atoms with van der Waals surface area (Å²) in [7, 11) is 0. The molecule has 19 heavy (non-hydrogen) atoms. The summed E-state index contributed by atoms with van der Waals surface area (Å²) in [4.78, 5) is 2.64. The quantitative estimate of drug-likeness (QED) is 0.881. The first kappa shape index (κ1) is 13.1. The molecule has 2 aliphatic rings. The number of halogens is 1. The van der Waals surface area contributed by atoms with E-state index in [2.05, 4.69) is 10.2 Å². The van der Waals surface area contributed by atoms with Crippen molar-refractivity contribution in [3.05, 3.63) is 35.1 Å². The van der Waals surface area contributed by atoms with Crippen LogP contribution in [0.5, 0.6) is 0 Å². The van der Waals surface area contributed by atoms with Gasteiger partial charge in [-0.25, -0.2) is 4.39 Å². The SMILES string of the molecule is Cc1cc(F)ccc1CN1CCNCC12CCCC2. The molecule has 1 heterocycles. The number of nitrogens with one attached hydrogen (secondary N) is 1. The van der Waals surface area contributed by atoms with Crippen molar-refractivity contribution in [2.24, 2.45) is 0 Å². The van der Waals surface area contributed by atoms with E-state index in [1.807, 2.05) is 13.0 Å². The highest BCUT2D eigenvalue weighted by Crippen LogP contribution is 2.37. The molecule has 0 amide bonds. The first-order chi connectivity index (χ1) is 9.20. The minimum absolute atomic E-state index is 0.128. The van der Waals surface area contributed by atoms with Gasteiger partial charge in [-0.2, -0.15) is 0 Å². The predicted molar refractivity (Wildman–Crippen MR) is 75.6 cm³/mol. The molecule has 3 heteroatoms. The zero-order valence-electron chi connectivity index (χ0n) is 11.7. The van der Waals surface area contributed by atoms with E-state index < -0.39 is 0 Å². The molecule has 1 saturated carbocycles. The predicted octanol–water partition coefficient (Wildman–Crippen LogP) is 2.85. The molecule has 0 atom stereocenters. The van der Waals surface area contributed by atoms with Gasteiger partial charge in [0.1, 0.15) is 5.82 Å². The number of rotatable bonds is 2. The van der Waals surface area contributed by atoms with Gasteiger partial charge in [-0.05, 0) is 43.0 Å². The monoisotopic (exact) mass is 262 g/mol. The first-order valence-electron chi connectivity index (χ1n) is 7.40. The summed E-state index contributed by atoms with van der Waals surface area (Å²) < 4.78 is 13.2. The van der Waals surface area contributed by atoms with E-state index in [1.54, 1.807) is 12.1 Å². The Bertz CT molecular complexity index is 452. The van der Waals surface area contributed by atoms with Gasteiger partial charge >= 0.3 is 0 Å². The second kappa shape index (κ2) is 5.22. The van der Waals surface area contributed by atoms with E-state index in [9.17, 15) is 4.39 Å². The Morgan fingerprint density at radius 3 is 2.84 bits per heavy atom. The minimum Gasteiger partial charge on any atom is -0.314 e. The van der Waals surface area contributed by atoms with Gasteiger partial charge < -0.3 is 5.32 Å². The molecule has 1 aromatic carbocycles. The fraction of sp³-hybridized carbons (Fsp3) is 0.625. The molecule has 104 valence electrons. The lowest BCUT2D eigenvalue weighted by Crippen LogP contribution is -2.59. The van der Waals surface area contributed by atoms with Gasteiger partial charge in [0, 0.05) is 31.7 Å². The van der Waals surface area contributed by atoms with Crippen LogP contribution in [0.25, 0.3) is 0 Å². The standard InChI is InChI=1S/C16H23FN2/c1-13-10-15(17)5-4-14(13)11-19-9-8-18-12-16(19)6-2-3-7-16/h4-5,10,18H,2-3,6-9,11-12H2,1H3. The molecular formula is C16H23FN2. The third-order valence-electron chi connectivity index (χ3n) is 4.88. The normalized spacial score (nSPS) is 23.1. The van der Waals surface area contributed by atoms with Crippen molar-refractivity contribution in [2.45, 2.75) is 44.7 Å². The van der Waals surface area contributed by atoms with Crippen LogP contribution in [0.15, 0.2) is 18.2 Å². The Balaban J connectivity index is 1.80. The highest BCUT2D eigenvalue weighted by molar-refractivity contribution is 5.27. The van der Waals surface area contributed by atoms with Crippen molar-refractivity contribution < 1.29 is 4.39 Å². The lowest BCUT2D eigenvalue weighted by atomic mass is 9.91. The van der Waals surface area contributed by atoms with Crippen LogP contribution < -0.4 is 5.32 Å². The highest BCUT2D eigenvalue weighted by atomic mass is 19.1. The van der Waals surface area contributed by atoms with Gasteiger partial charge in [0.05, 0.1) is 0 Å².